The molecule has 21 heavy (non-hydrogen) atoms. The van der Waals surface area contributed by atoms with E-state index in [2.05, 4.69) is 19.2 Å². The van der Waals surface area contributed by atoms with E-state index in [1.165, 1.54) is 17.7 Å². The van der Waals surface area contributed by atoms with Crippen molar-refractivity contribution >= 4 is 40.5 Å². The quantitative estimate of drug-likeness (QED) is 0.785. The highest BCUT2D eigenvalue weighted by Gasteiger charge is 2.11. The Morgan fingerprint density at radius 1 is 1.14 bits per heavy atom. The van der Waals surface area contributed by atoms with Crippen LogP contribution < -0.4 is 11.1 Å². The van der Waals surface area contributed by atoms with Crippen molar-refractivity contribution < 1.29 is 4.79 Å². The second-order valence-corrected chi connectivity index (χ2v) is 5.88. The maximum absolute atomic E-state index is 12.2. The number of hydrogen-bond acceptors (Lipinski definition) is 2. The summed E-state index contributed by atoms with van der Waals surface area (Å²) < 4.78 is 0. The predicted octanol–water partition coefficient (Wildman–Crippen LogP) is 4.95. The normalized spacial score (nSPS) is 10.7. The Hall–Kier alpha value is -1.71. The molecule has 2 aromatic rings. The molecule has 0 atom stereocenters. The number of nitrogen functional groups attached to an aromatic ring is 1. The number of anilines is 2. The lowest BCUT2D eigenvalue weighted by molar-refractivity contribution is 0.102. The van der Waals surface area contributed by atoms with Gasteiger partial charge in [0.25, 0.3) is 5.91 Å². The summed E-state index contributed by atoms with van der Waals surface area (Å²) in [7, 11) is 0. The molecule has 0 bridgehead atoms. The number of nitrogens with one attached hydrogen (secondary N) is 1. The van der Waals surface area contributed by atoms with Crippen LogP contribution in [0.15, 0.2) is 36.4 Å². The van der Waals surface area contributed by atoms with Gasteiger partial charge in [-0.3, -0.25) is 4.79 Å². The molecule has 0 aliphatic carbocycles. The third kappa shape index (κ3) is 3.69. The summed E-state index contributed by atoms with van der Waals surface area (Å²) in [6, 6.07) is 10.7. The molecule has 0 saturated carbocycles. The lowest BCUT2D eigenvalue weighted by atomic mass is 10.0. The number of benzene rings is 2. The number of nitrogens with two attached hydrogens (primary N) is 1. The van der Waals surface area contributed by atoms with Crippen molar-refractivity contribution in [2.45, 2.75) is 19.8 Å². The maximum Gasteiger partial charge on any atom is 0.255 e. The first-order valence-electron chi connectivity index (χ1n) is 6.54. The number of hydrogen-bond donors (Lipinski definition) is 2. The Balaban J connectivity index is 2.18. The van der Waals surface area contributed by atoms with Crippen LogP contribution in [0.4, 0.5) is 11.4 Å². The van der Waals surface area contributed by atoms with Crippen molar-refractivity contribution in [3.8, 4) is 0 Å². The molecule has 3 nitrogen and oxygen atoms in total. The van der Waals surface area contributed by atoms with Crippen LogP contribution in [0.3, 0.4) is 0 Å². The first-order chi connectivity index (χ1) is 9.88. The van der Waals surface area contributed by atoms with Crippen LogP contribution in [0.1, 0.15) is 35.7 Å². The van der Waals surface area contributed by atoms with Gasteiger partial charge in [-0.1, -0.05) is 49.2 Å². The molecular formula is C16H16Cl2N2O. The lowest BCUT2D eigenvalue weighted by Crippen LogP contribution is -2.12. The highest BCUT2D eigenvalue weighted by Crippen LogP contribution is 2.29. The summed E-state index contributed by atoms with van der Waals surface area (Å²) in [4.78, 5) is 12.2. The molecule has 0 radical (unpaired) electrons. The fraction of sp³-hybridized carbons (Fsp3) is 0.188. The zero-order valence-corrected chi connectivity index (χ0v) is 13.3. The van der Waals surface area contributed by atoms with E-state index in [-0.39, 0.29) is 21.6 Å². The average molecular weight is 323 g/mol. The second kappa shape index (κ2) is 6.37. The number of carbonyl (C=O) groups excluding carboxylic acids is 1. The monoisotopic (exact) mass is 322 g/mol. The summed E-state index contributed by atoms with van der Waals surface area (Å²) in [6.45, 7) is 4.23. The number of amides is 1. The van der Waals surface area contributed by atoms with Gasteiger partial charge in [-0.25, -0.2) is 0 Å². The van der Waals surface area contributed by atoms with Gasteiger partial charge in [0.05, 0.1) is 15.7 Å². The van der Waals surface area contributed by atoms with Gasteiger partial charge in [0.1, 0.15) is 0 Å². The van der Waals surface area contributed by atoms with E-state index < -0.39 is 0 Å². The molecule has 5 heteroatoms. The zero-order valence-electron chi connectivity index (χ0n) is 11.8. The van der Waals surface area contributed by atoms with Crippen LogP contribution in [0.2, 0.25) is 10.0 Å². The van der Waals surface area contributed by atoms with Gasteiger partial charge in [0.15, 0.2) is 0 Å². The first kappa shape index (κ1) is 15.7. The van der Waals surface area contributed by atoms with Gasteiger partial charge in [0.2, 0.25) is 0 Å². The largest absolute Gasteiger partial charge is 0.397 e. The van der Waals surface area contributed by atoms with Crippen molar-refractivity contribution in [3.05, 3.63) is 57.6 Å². The van der Waals surface area contributed by atoms with E-state index in [1.807, 2.05) is 24.3 Å². The molecule has 0 unspecified atom stereocenters. The van der Waals surface area contributed by atoms with E-state index >= 15 is 0 Å². The minimum Gasteiger partial charge on any atom is -0.397 e. The molecule has 2 aromatic carbocycles. The molecule has 2 rings (SSSR count). The predicted molar refractivity (Wildman–Crippen MR) is 89.4 cm³/mol. The highest BCUT2D eigenvalue weighted by atomic mass is 35.5. The molecule has 110 valence electrons. The van der Waals surface area contributed by atoms with Gasteiger partial charge in [-0.05, 0) is 35.7 Å². The SMILES string of the molecule is CC(C)c1ccc(NC(=O)c2cc(N)c(Cl)c(Cl)c2)cc1. The van der Waals surface area contributed by atoms with Gasteiger partial charge >= 0.3 is 0 Å². The third-order valence-electron chi connectivity index (χ3n) is 3.15. The number of rotatable bonds is 3. The van der Waals surface area contributed by atoms with Crippen molar-refractivity contribution in [1.82, 2.24) is 0 Å². The molecule has 0 aliphatic heterocycles. The van der Waals surface area contributed by atoms with Gasteiger partial charge < -0.3 is 11.1 Å². The topological polar surface area (TPSA) is 55.1 Å². The Kier molecular flexibility index (Phi) is 4.76. The summed E-state index contributed by atoms with van der Waals surface area (Å²) in [6.07, 6.45) is 0. The Labute approximate surface area is 134 Å². The maximum atomic E-state index is 12.2. The fourth-order valence-electron chi connectivity index (χ4n) is 1.90. The van der Waals surface area contributed by atoms with Crippen LogP contribution in [0.5, 0.6) is 0 Å². The summed E-state index contributed by atoms with van der Waals surface area (Å²) in [5.74, 6) is 0.169. The molecule has 0 aromatic heterocycles. The minimum absolute atomic E-state index is 0.259. The Morgan fingerprint density at radius 2 is 1.76 bits per heavy atom. The molecule has 0 fully saturated rings. The van der Waals surface area contributed by atoms with E-state index in [0.29, 0.717) is 17.2 Å². The van der Waals surface area contributed by atoms with Crippen molar-refractivity contribution in [1.29, 1.82) is 0 Å². The van der Waals surface area contributed by atoms with Crippen molar-refractivity contribution in [2.24, 2.45) is 0 Å². The van der Waals surface area contributed by atoms with Crippen LogP contribution in [0, 0.1) is 0 Å². The minimum atomic E-state index is -0.280. The first-order valence-corrected chi connectivity index (χ1v) is 7.30. The van der Waals surface area contributed by atoms with Crippen LogP contribution in [0.25, 0.3) is 0 Å². The molecule has 3 N–H and O–H groups in total. The van der Waals surface area contributed by atoms with Crippen LogP contribution in [-0.2, 0) is 0 Å². The Morgan fingerprint density at radius 3 is 2.29 bits per heavy atom. The smallest absolute Gasteiger partial charge is 0.255 e. The summed E-state index contributed by atoms with van der Waals surface area (Å²) in [5.41, 5.74) is 8.29. The van der Waals surface area contributed by atoms with Crippen molar-refractivity contribution in [2.75, 3.05) is 11.1 Å². The second-order valence-electron chi connectivity index (χ2n) is 5.09. The number of halogens is 2. The average Bonchev–Trinajstić information content (AvgIpc) is 2.44. The molecular weight excluding hydrogens is 307 g/mol. The molecule has 1 amide bonds. The third-order valence-corrected chi connectivity index (χ3v) is 3.97. The highest BCUT2D eigenvalue weighted by molar-refractivity contribution is 6.44. The summed E-state index contributed by atoms with van der Waals surface area (Å²) >= 11 is 11.8. The van der Waals surface area contributed by atoms with E-state index in [0.717, 1.165) is 0 Å². The van der Waals surface area contributed by atoms with Gasteiger partial charge in [0, 0.05) is 11.3 Å². The molecule has 0 spiro atoms. The van der Waals surface area contributed by atoms with E-state index in [4.69, 9.17) is 28.9 Å². The fourth-order valence-corrected chi connectivity index (χ4v) is 2.23. The van der Waals surface area contributed by atoms with E-state index in [1.54, 1.807) is 0 Å². The number of carbonyl (C=O) groups is 1. The lowest BCUT2D eigenvalue weighted by Gasteiger charge is -2.10. The molecule has 0 aliphatic rings. The molecule has 0 heterocycles. The van der Waals surface area contributed by atoms with E-state index in [9.17, 15) is 4.79 Å². The van der Waals surface area contributed by atoms with Gasteiger partial charge in [-0.15, -0.1) is 0 Å². The molecule has 0 saturated heterocycles. The standard InChI is InChI=1S/C16H16Cl2N2O/c1-9(2)10-3-5-12(6-4-10)20-16(21)11-7-13(17)15(18)14(19)8-11/h3-9H,19H2,1-2H3,(H,20,21). The van der Waals surface area contributed by atoms with Gasteiger partial charge in [-0.2, -0.15) is 0 Å². The van der Waals surface area contributed by atoms with Crippen molar-refractivity contribution in [3.63, 3.8) is 0 Å². The van der Waals surface area contributed by atoms with Crippen LogP contribution in [-0.4, -0.2) is 5.91 Å². The summed E-state index contributed by atoms with van der Waals surface area (Å²) in [5, 5.41) is 3.32. The van der Waals surface area contributed by atoms with Crippen LogP contribution >= 0.6 is 23.2 Å². The zero-order chi connectivity index (χ0) is 15.6. The Bertz CT molecular complexity index is 643.